The molecule has 0 unspecified atom stereocenters. The number of nitrogens with two attached hydrogens (primary N) is 1. The molecule has 8 rings (SSSR count). The monoisotopic (exact) mass is 753 g/mol. The zero-order chi connectivity index (χ0) is 38.1. The maximum atomic E-state index is 12.5. The van der Waals surface area contributed by atoms with Gasteiger partial charge < -0.3 is 39.8 Å². The van der Waals surface area contributed by atoms with Gasteiger partial charge in [-0.2, -0.15) is 9.97 Å². The molecule has 0 saturated carbocycles. The van der Waals surface area contributed by atoms with Crippen molar-refractivity contribution in [2.45, 2.75) is 57.4 Å². The molecule has 8 heterocycles. The summed E-state index contributed by atoms with van der Waals surface area (Å²) in [6.07, 6.45) is 5.91. The summed E-state index contributed by atoms with van der Waals surface area (Å²) in [5, 5.41) is 5.50. The molecule has 2 fully saturated rings. The molecule has 0 radical (unpaired) electrons. The van der Waals surface area contributed by atoms with Crippen molar-refractivity contribution in [2.24, 2.45) is 5.73 Å². The number of rotatable bonds is 11. The van der Waals surface area contributed by atoms with Gasteiger partial charge in [-0.05, 0) is 76.1 Å². The molecule has 15 heteroatoms. The molecular weight excluding hydrogens is 702 g/mol. The van der Waals surface area contributed by atoms with Crippen LogP contribution < -0.4 is 41.1 Å². The van der Waals surface area contributed by atoms with Gasteiger partial charge in [-0.15, -0.1) is 0 Å². The molecule has 0 amide bonds. The number of nitrogens with one attached hydrogen (secondary N) is 1. The molecule has 2 saturated heterocycles. The zero-order valence-corrected chi connectivity index (χ0v) is 31.7. The third kappa shape index (κ3) is 9.60. The number of ether oxygens (including phenoxy) is 4. The predicted molar refractivity (Wildman–Crippen MR) is 210 cm³/mol. The van der Waals surface area contributed by atoms with Crippen molar-refractivity contribution in [3.05, 3.63) is 87.2 Å². The van der Waals surface area contributed by atoms with Crippen LogP contribution in [-0.2, 0) is 19.6 Å². The zero-order valence-electron chi connectivity index (χ0n) is 31.7. The number of pyridine rings is 5. The van der Waals surface area contributed by atoms with E-state index in [1.54, 1.807) is 47.7 Å². The summed E-state index contributed by atoms with van der Waals surface area (Å²) in [5.74, 6) is 2.54. The Kier molecular flexibility index (Phi) is 12.5. The summed E-state index contributed by atoms with van der Waals surface area (Å²) in [5.41, 5.74) is 8.18. The predicted octanol–water partition coefficient (Wildman–Crippen LogP) is 2.65. The normalized spacial score (nSPS) is 16.9. The van der Waals surface area contributed by atoms with Crippen LogP contribution in [0.5, 0.6) is 23.3 Å². The van der Waals surface area contributed by atoms with E-state index in [0.29, 0.717) is 68.0 Å². The van der Waals surface area contributed by atoms with Crippen LogP contribution in [0.2, 0.25) is 0 Å². The Labute approximate surface area is 320 Å². The Morgan fingerprint density at radius 3 is 1.76 bits per heavy atom. The molecule has 15 nitrogen and oxygen atoms in total. The van der Waals surface area contributed by atoms with Crippen LogP contribution in [-0.4, -0.2) is 113 Å². The molecule has 5 aromatic heterocycles. The molecule has 0 aromatic carbocycles. The molecular formula is C40H51N9O6. The SMILES string of the molecule is COc1ccc2ccc(=O)n(CCN3CCC(N)CC3)c2n1.COc1ccc2ccc(=O)n(CCN3CCC(NCc4cc5c(cn4)OCCO5)CC3)c2n1. The molecule has 55 heavy (non-hydrogen) atoms. The van der Waals surface area contributed by atoms with Gasteiger partial charge in [0.05, 0.1) is 26.1 Å². The number of hydrogen-bond donors (Lipinski definition) is 2. The highest BCUT2D eigenvalue weighted by atomic mass is 16.6. The first kappa shape index (κ1) is 38.2. The van der Waals surface area contributed by atoms with Crippen LogP contribution >= 0.6 is 0 Å². The summed E-state index contributed by atoms with van der Waals surface area (Å²) >= 11 is 0. The highest BCUT2D eigenvalue weighted by molar-refractivity contribution is 5.76. The van der Waals surface area contributed by atoms with E-state index in [4.69, 9.17) is 24.7 Å². The topological polar surface area (TPSA) is 164 Å². The third-order valence-corrected chi connectivity index (χ3v) is 10.6. The maximum absolute atomic E-state index is 12.5. The van der Waals surface area contributed by atoms with Crippen LogP contribution in [0, 0.1) is 0 Å². The highest BCUT2D eigenvalue weighted by Crippen LogP contribution is 2.29. The average Bonchev–Trinajstić information content (AvgIpc) is 3.23. The highest BCUT2D eigenvalue weighted by Gasteiger charge is 2.21. The quantitative estimate of drug-likeness (QED) is 0.203. The largest absolute Gasteiger partial charge is 0.486 e. The fourth-order valence-corrected chi connectivity index (χ4v) is 7.30. The number of hydrogen-bond acceptors (Lipinski definition) is 13. The lowest BCUT2D eigenvalue weighted by Crippen LogP contribution is -2.43. The fraction of sp³-hybridized carbons (Fsp3) is 0.475. The van der Waals surface area contributed by atoms with Gasteiger partial charge in [0.25, 0.3) is 11.1 Å². The van der Waals surface area contributed by atoms with Crippen molar-refractivity contribution in [3.8, 4) is 23.3 Å². The number of fused-ring (bicyclic) bond motifs is 3. The summed E-state index contributed by atoms with van der Waals surface area (Å²) in [4.78, 5) is 42.9. The molecule has 292 valence electrons. The average molecular weight is 754 g/mol. The Hall–Kier alpha value is -5.09. The van der Waals surface area contributed by atoms with E-state index in [2.05, 4.69) is 30.1 Å². The van der Waals surface area contributed by atoms with E-state index in [9.17, 15) is 9.59 Å². The second kappa shape index (κ2) is 18.0. The van der Waals surface area contributed by atoms with Gasteiger partial charge in [-0.25, -0.2) is 0 Å². The summed E-state index contributed by atoms with van der Waals surface area (Å²) in [7, 11) is 3.16. The Morgan fingerprint density at radius 1 is 0.709 bits per heavy atom. The van der Waals surface area contributed by atoms with Gasteiger partial charge in [-0.1, -0.05) is 0 Å². The number of piperidine rings is 2. The first-order valence-electron chi connectivity index (χ1n) is 19.1. The van der Waals surface area contributed by atoms with E-state index in [0.717, 1.165) is 92.9 Å². The standard InChI is InChI=1S/C24H29N5O4.C16H22N4O2/c1-31-22-4-2-17-3-5-23(30)29(24(17)27-22)11-10-28-8-6-18(7-9-28)25-15-19-14-20-21(16-26-19)33-13-12-32-20;1-22-14-4-2-12-3-5-15(21)20(16(12)18-14)11-10-19-8-6-13(17)7-9-19/h2-5,14,16,18,25H,6-13,15H2,1H3;2-5,13H,6-11,17H2,1H3. The first-order chi connectivity index (χ1) is 26.9. The minimum atomic E-state index is -0.0354. The molecule has 3 aliphatic rings. The smallest absolute Gasteiger partial charge is 0.252 e. The van der Waals surface area contributed by atoms with Crippen LogP contribution in [0.4, 0.5) is 0 Å². The Balaban J connectivity index is 0.000000184. The molecule has 0 bridgehead atoms. The first-order valence-corrected chi connectivity index (χ1v) is 19.1. The van der Waals surface area contributed by atoms with Crippen molar-refractivity contribution in [1.82, 2.24) is 39.2 Å². The third-order valence-electron chi connectivity index (χ3n) is 10.6. The lowest BCUT2D eigenvalue weighted by molar-refractivity contribution is 0.170. The van der Waals surface area contributed by atoms with E-state index in [1.165, 1.54) is 0 Å². The molecule has 5 aromatic rings. The van der Waals surface area contributed by atoms with Crippen LogP contribution in [0.1, 0.15) is 31.4 Å². The minimum Gasteiger partial charge on any atom is -0.486 e. The summed E-state index contributed by atoms with van der Waals surface area (Å²) < 4.78 is 25.1. The lowest BCUT2D eigenvalue weighted by Gasteiger charge is -2.32. The van der Waals surface area contributed by atoms with Gasteiger partial charge >= 0.3 is 0 Å². The number of nitrogens with zero attached hydrogens (tertiary/aromatic N) is 7. The number of likely N-dealkylation sites (tertiary alicyclic amines) is 2. The maximum Gasteiger partial charge on any atom is 0.252 e. The second-order valence-electron chi connectivity index (χ2n) is 14.2. The van der Waals surface area contributed by atoms with E-state index < -0.39 is 0 Å². The van der Waals surface area contributed by atoms with Crippen LogP contribution in [0.3, 0.4) is 0 Å². The van der Waals surface area contributed by atoms with Gasteiger partial charge in [0, 0.05) is 85.9 Å². The van der Waals surface area contributed by atoms with Crippen molar-refractivity contribution in [2.75, 3.05) is 66.7 Å². The van der Waals surface area contributed by atoms with Gasteiger partial charge in [0.15, 0.2) is 11.5 Å². The van der Waals surface area contributed by atoms with Crippen LogP contribution in [0.15, 0.2) is 70.4 Å². The lowest BCUT2D eigenvalue weighted by atomic mass is 10.0. The van der Waals surface area contributed by atoms with Crippen molar-refractivity contribution < 1.29 is 18.9 Å². The second-order valence-corrected chi connectivity index (χ2v) is 14.2. The van der Waals surface area contributed by atoms with E-state index >= 15 is 0 Å². The molecule has 3 N–H and O–H groups in total. The molecule has 0 aliphatic carbocycles. The molecule has 0 spiro atoms. The van der Waals surface area contributed by atoms with Crippen molar-refractivity contribution in [1.29, 1.82) is 0 Å². The van der Waals surface area contributed by atoms with Gasteiger partial charge in [-0.3, -0.25) is 23.7 Å². The van der Waals surface area contributed by atoms with Crippen molar-refractivity contribution >= 4 is 22.1 Å². The Bertz CT molecular complexity index is 2180. The fourth-order valence-electron chi connectivity index (χ4n) is 7.30. The summed E-state index contributed by atoms with van der Waals surface area (Å²) in [6, 6.07) is 17.0. The molecule has 0 atom stereocenters. The summed E-state index contributed by atoms with van der Waals surface area (Å²) in [6.45, 7) is 8.72. The molecule has 3 aliphatic heterocycles. The minimum absolute atomic E-state index is 0.0260. The van der Waals surface area contributed by atoms with Crippen LogP contribution in [0.25, 0.3) is 22.1 Å². The number of methoxy groups -OCH3 is 2. The van der Waals surface area contributed by atoms with Gasteiger partial charge in [0.2, 0.25) is 11.8 Å². The van der Waals surface area contributed by atoms with Gasteiger partial charge in [0.1, 0.15) is 24.5 Å². The number of aromatic nitrogens is 5. The van der Waals surface area contributed by atoms with Crippen molar-refractivity contribution in [3.63, 3.8) is 0 Å². The van der Waals surface area contributed by atoms with E-state index in [-0.39, 0.29) is 11.1 Å². The van der Waals surface area contributed by atoms with E-state index in [1.807, 2.05) is 36.4 Å². The Morgan fingerprint density at radius 2 is 1.22 bits per heavy atom.